The lowest BCUT2D eigenvalue weighted by atomic mass is 10.0. The molecule has 0 aliphatic heterocycles. The second-order valence-corrected chi connectivity index (χ2v) is 5.35. The smallest absolute Gasteiger partial charge is 0.231 e. The fourth-order valence-electron chi connectivity index (χ4n) is 2.29. The summed E-state index contributed by atoms with van der Waals surface area (Å²) in [5.41, 5.74) is 12.3. The molecular weight excluding hydrogens is 240 g/mol. The summed E-state index contributed by atoms with van der Waals surface area (Å²) in [6, 6.07) is 5.49. The van der Waals surface area contributed by atoms with Gasteiger partial charge in [0.15, 0.2) is 0 Å². The Morgan fingerprint density at radius 3 is 2.47 bits per heavy atom. The molecule has 5 nitrogen and oxygen atoms in total. The third-order valence-corrected chi connectivity index (χ3v) is 2.84. The molecule has 0 aliphatic carbocycles. The van der Waals surface area contributed by atoms with Gasteiger partial charge in [0.05, 0.1) is 18.3 Å². The number of nitrogens with zero attached hydrogens (tertiary/aromatic N) is 2. The quantitative estimate of drug-likeness (QED) is 0.766. The summed E-state index contributed by atoms with van der Waals surface area (Å²) >= 11 is 0. The van der Waals surface area contributed by atoms with Crippen LogP contribution in [-0.2, 0) is 4.79 Å². The molecule has 0 fully saturated rings. The Morgan fingerprint density at radius 1 is 1.37 bits per heavy atom. The molecule has 0 saturated carbocycles. The molecular formula is C14H24N4O. The monoisotopic (exact) mass is 264 g/mol. The maximum Gasteiger partial charge on any atom is 0.231 e. The van der Waals surface area contributed by atoms with Gasteiger partial charge in [-0.15, -0.1) is 0 Å². The highest BCUT2D eigenvalue weighted by Gasteiger charge is 2.26. The van der Waals surface area contributed by atoms with E-state index in [1.807, 2.05) is 30.0 Å². The molecule has 19 heavy (non-hydrogen) atoms. The molecule has 5 heteroatoms. The van der Waals surface area contributed by atoms with Gasteiger partial charge in [-0.1, -0.05) is 19.9 Å². The van der Waals surface area contributed by atoms with Crippen LogP contribution >= 0.6 is 0 Å². The first-order chi connectivity index (χ1) is 8.91. The number of aromatic nitrogens is 1. The molecule has 0 saturated heterocycles. The highest BCUT2D eigenvalue weighted by atomic mass is 16.1. The molecule has 4 N–H and O–H groups in total. The number of carbonyl (C=O) groups is 1. The number of pyridine rings is 1. The second-order valence-electron chi connectivity index (χ2n) is 5.35. The molecule has 0 aromatic carbocycles. The van der Waals surface area contributed by atoms with Crippen molar-refractivity contribution in [2.75, 3.05) is 13.1 Å². The molecule has 0 bridgehead atoms. The van der Waals surface area contributed by atoms with Gasteiger partial charge in [0.25, 0.3) is 0 Å². The minimum absolute atomic E-state index is 0.101. The molecule has 1 aromatic rings. The van der Waals surface area contributed by atoms with Crippen LogP contribution in [0.4, 0.5) is 0 Å². The normalized spacial score (nSPS) is 14.6. The van der Waals surface area contributed by atoms with E-state index < -0.39 is 0 Å². The first kappa shape index (κ1) is 15.6. The predicted molar refractivity (Wildman–Crippen MR) is 76.2 cm³/mol. The third kappa shape index (κ3) is 4.96. The van der Waals surface area contributed by atoms with E-state index in [0.29, 0.717) is 5.92 Å². The van der Waals surface area contributed by atoms with Crippen molar-refractivity contribution in [3.63, 3.8) is 0 Å². The number of primary amides is 1. The summed E-state index contributed by atoms with van der Waals surface area (Å²) in [5, 5.41) is 0. The van der Waals surface area contributed by atoms with E-state index in [1.165, 1.54) is 0 Å². The van der Waals surface area contributed by atoms with Crippen molar-refractivity contribution < 1.29 is 4.79 Å². The zero-order chi connectivity index (χ0) is 14.4. The Kier molecular flexibility index (Phi) is 5.92. The van der Waals surface area contributed by atoms with Gasteiger partial charge < -0.3 is 11.5 Å². The number of hydrogen-bond donors (Lipinski definition) is 2. The molecule has 0 radical (unpaired) electrons. The Bertz CT molecular complexity index is 392. The van der Waals surface area contributed by atoms with E-state index >= 15 is 0 Å². The lowest BCUT2D eigenvalue weighted by Crippen LogP contribution is -2.45. The van der Waals surface area contributed by atoms with Crippen LogP contribution in [0.5, 0.6) is 0 Å². The number of amides is 1. The number of hydrogen-bond acceptors (Lipinski definition) is 4. The van der Waals surface area contributed by atoms with Crippen molar-refractivity contribution in [1.29, 1.82) is 0 Å². The average Bonchev–Trinajstić information content (AvgIpc) is 2.28. The van der Waals surface area contributed by atoms with Crippen LogP contribution in [0.3, 0.4) is 0 Å². The van der Waals surface area contributed by atoms with Crippen LogP contribution in [-0.4, -0.2) is 34.9 Å². The number of nitrogens with two attached hydrogens (primary N) is 2. The Morgan fingerprint density at radius 2 is 2.05 bits per heavy atom. The maximum absolute atomic E-state index is 11.3. The maximum atomic E-state index is 11.3. The fraction of sp³-hybridized carbons (Fsp3) is 0.571. The minimum Gasteiger partial charge on any atom is -0.369 e. The van der Waals surface area contributed by atoms with Gasteiger partial charge in [-0.05, 0) is 25.0 Å². The molecule has 0 aliphatic rings. The molecule has 106 valence electrons. The van der Waals surface area contributed by atoms with E-state index in [0.717, 1.165) is 12.2 Å². The van der Waals surface area contributed by atoms with Crippen molar-refractivity contribution in [1.82, 2.24) is 9.88 Å². The predicted octanol–water partition coefficient (Wildman–Crippen LogP) is 0.913. The van der Waals surface area contributed by atoms with Crippen LogP contribution in [0, 0.1) is 5.92 Å². The average molecular weight is 264 g/mol. The van der Waals surface area contributed by atoms with E-state index in [9.17, 15) is 4.79 Å². The topological polar surface area (TPSA) is 85.2 Å². The Hall–Kier alpha value is -1.46. The standard InChI is InChI=1S/C14H24N4O/c1-10(2)8-18(9-13(16)19)14(11(3)15)12-6-4-5-7-17-12/h4-7,10-11,14H,8-9,15H2,1-3H3,(H2,16,19). The van der Waals surface area contributed by atoms with Gasteiger partial charge in [0, 0.05) is 18.8 Å². The SMILES string of the molecule is CC(C)CN(CC(N)=O)C(c1ccccn1)C(C)N. The van der Waals surface area contributed by atoms with Gasteiger partial charge in [-0.2, -0.15) is 0 Å². The van der Waals surface area contributed by atoms with Crippen LogP contribution < -0.4 is 11.5 Å². The molecule has 2 unspecified atom stereocenters. The van der Waals surface area contributed by atoms with Crippen molar-refractivity contribution in [3.8, 4) is 0 Å². The van der Waals surface area contributed by atoms with Crippen molar-refractivity contribution in [2.45, 2.75) is 32.9 Å². The largest absolute Gasteiger partial charge is 0.369 e. The number of rotatable bonds is 7. The zero-order valence-electron chi connectivity index (χ0n) is 11.9. The summed E-state index contributed by atoms with van der Waals surface area (Å²) in [6.07, 6.45) is 1.74. The highest BCUT2D eigenvalue weighted by Crippen LogP contribution is 2.22. The lowest BCUT2D eigenvalue weighted by Gasteiger charge is -2.34. The van der Waals surface area contributed by atoms with Crippen LogP contribution in [0.1, 0.15) is 32.5 Å². The number of carbonyl (C=O) groups excluding carboxylic acids is 1. The Labute approximate surface area is 115 Å². The van der Waals surface area contributed by atoms with Gasteiger partial charge in [0.2, 0.25) is 5.91 Å². The summed E-state index contributed by atoms with van der Waals surface area (Å²) in [7, 11) is 0. The van der Waals surface area contributed by atoms with E-state index in [4.69, 9.17) is 11.5 Å². The minimum atomic E-state index is -0.345. The molecule has 1 heterocycles. The van der Waals surface area contributed by atoms with Gasteiger partial charge in [-0.25, -0.2) is 0 Å². The highest BCUT2D eigenvalue weighted by molar-refractivity contribution is 5.76. The zero-order valence-corrected chi connectivity index (χ0v) is 11.9. The summed E-state index contributed by atoms with van der Waals surface area (Å²) in [6.45, 7) is 7.08. The van der Waals surface area contributed by atoms with Crippen LogP contribution in [0.2, 0.25) is 0 Å². The van der Waals surface area contributed by atoms with E-state index in [2.05, 4.69) is 18.8 Å². The fourth-order valence-corrected chi connectivity index (χ4v) is 2.29. The Balaban J connectivity index is 3.01. The van der Waals surface area contributed by atoms with Crippen molar-refractivity contribution >= 4 is 5.91 Å². The van der Waals surface area contributed by atoms with Gasteiger partial charge in [0.1, 0.15) is 0 Å². The van der Waals surface area contributed by atoms with Crippen molar-refractivity contribution in [3.05, 3.63) is 30.1 Å². The van der Waals surface area contributed by atoms with Gasteiger partial charge >= 0.3 is 0 Å². The molecule has 0 spiro atoms. The lowest BCUT2D eigenvalue weighted by molar-refractivity contribution is -0.120. The van der Waals surface area contributed by atoms with Crippen LogP contribution in [0.25, 0.3) is 0 Å². The molecule has 1 rings (SSSR count). The first-order valence-corrected chi connectivity index (χ1v) is 6.60. The molecule has 1 amide bonds. The summed E-state index contributed by atoms with van der Waals surface area (Å²) in [5.74, 6) is 0.0755. The molecule has 1 aromatic heterocycles. The first-order valence-electron chi connectivity index (χ1n) is 6.60. The molecule has 2 atom stereocenters. The van der Waals surface area contributed by atoms with Crippen LogP contribution in [0.15, 0.2) is 24.4 Å². The van der Waals surface area contributed by atoms with Gasteiger partial charge in [-0.3, -0.25) is 14.7 Å². The summed E-state index contributed by atoms with van der Waals surface area (Å²) in [4.78, 5) is 17.6. The van der Waals surface area contributed by atoms with E-state index in [1.54, 1.807) is 6.20 Å². The third-order valence-electron chi connectivity index (χ3n) is 2.84. The summed E-state index contributed by atoms with van der Waals surface area (Å²) < 4.78 is 0. The second kappa shape index (κ2) is 7.21. The van der Waals surface area contributed by atoms with Crippen molar-refractivity contribution in [2.24, 2.45) is 17.4 Å². The van der Waals surface area contributed by atoms with E-state index in [-0.39, 0.29) is 24.5 Å².